The third-order valence-electron chi connectivity index (χ3n) is 3.39. The van der Waals surface area contributed by atoms with Crippen LogP contribution < -0.4 is 15.4 Å². The Morgan fingerprint density at radius 1 is 1.46 bits per heavy atom. The summed E-state index contributed by atoms with van der Waals surface area (Å²) in [5.74, 6) is 0.633. The zero-order valence-electron chi connectivity index (χ0n) is 13.9. The van der Waals surface area contributed by atoms with Gasteiger partial charge in [0.15, 0.2) is 0 Å². The van der Waals surface area contributed by atoms with Crippen LogP contribution in [0.4, 0.5) is 0 Å². The maximum Gasteiger partial charge on any atom is 0.242 e. The molecule has 0 fully saturated rings. The van der Waals surface area contributed by atoms with E-state index in [9.17, 15) is 4.79 Å². The number of hydrogen-bond acceptors (Lipinski definition) is 4. The van der Waals surface area contributed by atoms with Crippen LogP contribution in [0.2, 0.25) is 0 Å². The highest BCUT2D eigenvalue weighted by Gasteiger charge is 2.20. The molecule has 7 heteroatoms. The van der Waals surface area contributed by atoms with Gasteiger partial charge in [0.25, 0.3) is 0 Å². The molecule has 130 valence electrons. The minimum atomic E-state index is -0.440. The molecule has 0 bridgehead atoms. The topological polar surface area (TPSA) is 68.2 Å². The highest BCUT2D eigenvalue weighted by atomic mass is 35.5. The molecule has 1 unspecified atom stereocenters. The number of para-hydroxylation sites is 1. The van der Waals surface area contributed by atoms with Crippen molar-refractivity contribution in [1.29, 1.82) is 0 Å². The standard InChI is InChI=1S/C17H22N4O2.ClH/c1-4-9-23-15-8-6-5-7-13(15)10-19-17(22)16(18-2)14-11-20-21(3)12-14;/h4-8,11-12,16,18H,1,9-10H2,2-3H3,(H,19,22);1H. The first-order valence-corrected chi connectivity index (χ1v) is 7.40. The predicted molar refractivity (Wildman–Crippen MR) is 96.2 cm³/mol. The second kappa shape index (κ2) is 9.75. The second-order valence-corrected chi connectivity index (χ2v) is 5.09. The maximum atomic E-state index is 12.4. The lowest BCUT2D eigenvalue weighted by molar-refractivity contribution is -0.123. The van der Waals surface area contributed by atoms with E-state index >= 15 is 0 Å². The number of aromatic nitrogens is 2. The van der Waals surface area contributed by atoms with E-state index in [4.69, 9.17) is 4.74 Å². The Kier molecular flexibility index (Phi) is 8.01. The Hall–Kier alpha value is -2.31. The summed E-state index contributed by atoms with van der Waals surface area (Å²) in [4.78, 5) is 12.4. The number of hydrogen-bond donors (Lipinski definition) is 2. The van der Waals surface area contributed by atoms with Crippen molar-refractivity contribution < 1.29 is 9.53 Å². The summed E-state index contributed by atoms with van der Waals surface area (Å²) < 4.78 is 7.27. The molecule has 0 saturated heterocycles. The summed E-state index contributed by atoms with van der Waals surface area (Å²) in [5, 5.41) is 10.0. The van der Waals surface area contributed by atoms with Crippen molar-refractivity contribution in [2.45, 2.75) is 12.6 Å². The van der Waals surface area contributed by atoms with Gasteiger partial charge in [-0.05, 0) is 13.1 Å². The number of aryl methyl sites for hydroxylation is 1. The highest BCUT2D eigenvalue weighted by molar-refractivity contribution is 5.85. The molecule has 1 aromatic heterocycles. The van der Waals surface area contributed by atoms with E-state index in [2.05, 4.69) is 22.3 Å². The summed E-state index contributed by atoms with van der Waals surface area (Å²) in [6, 6.07) is 7.18. The number of carbonyl (C=O) groups is 1. The number of halogens is 1. The smallest absolute Gasteiger partial charge is 0.242 e. The van der Waals surface area contributed by atoms with Gasteiger partial charge in [-0.1, -0.05) is 30.9 Å². The van der Waals surface area contributed by atoms with Gasteiger partial charge in [0.2, 0.25) is 5.91 Å². The van der Waals surface area contributed by atoms with Crippen molar-refractivity contribution in [3.8, 4) is 5.75 Å². The van der Waals surface area contributed by atoms with Crippen LogP contribution in [0.5, 0.6) is 5.75 Å². The SMILES string of the molecule is C=CCOc1ccccc1CNC(=O)C(NC)c1cnn(C)c1.Cl. The van der Waals surface area contributed by atoms with Crippen molar-refractivity contribution in [3.05, 3.63) is 60.4 Å². The third-order valence-corrected chi connectivity index (χ3v) is 3.39. The molecule has 0 aliphatic rings. The Labute approximate surface area is 148 Å². The van der Waals surface area contributed by atoms with E-state index in [0.29, 0.717) is 13.2 Å². The molecular formula is C17H23ClN4O2. The van der Waals surface area contributed by atoms with Crippen LogP contribution in [0.1, 0.15) is 17.2 Å². The fraction of sp³-hybridized carbons (Fsp3) is 0.294. The molecule has 1 atom stereocenters. The van der Waals surface area contributed by atoms with Crippen LogP contribution in [-0.4, -0.2) is 29.3 Å². The van der Waals surface area contributed by atoms with Crippen molar-refractivity contribution in [2.24, 2.45) is 7.05 Å². The molecule has 0 aliphatic heterocycles. The van der Waals surface area contributed by atoms with Crippen LogP contribution in [0.15, 0.2) is 49.3 Å². The lowest BCUT2D eigenvalue weighted by Crippen LogP contribution is -2.35. The molecule has 0 radical (unpaired) electrons. The van der Waals surface area contributed by atoms with E-state index in [1.54, 1.807) is 24.0 Å². The molecule has 0 spiro atoms. The monoisotopic (exact) mass is 350 g/mol. The molecule has 2 rings (SSSR count). The largest absolute Gasteiger partial charge is 0.489 e. The Morgan fingerprint density at radius 2 is 2.21 bits per heavy atom. The molecule has 0 saturated carbocycles. The Morgan fingerprint density at radius 3 is 2.83 bits per heavy atom. The predicted octanol–water partition coefficient (Wildman–Crippen LogP) is 1.98. The van der Waals surface area contributed by atoms with E-state index in [-0.39, 0.29) is 18.3 Å². The van der Waals surface area contributed by atoms with Crippen LogP contribution in [0, 0.1) is 0 Å². The van der Waals surface area contributed by atoms with Crippen LogP contribution in [-0.2, 0) is 18.4 Å². The minimum absolute atomic E-state index is 0. The Bertz CT molecular complexity index is 672. The van der Waals surface area contributed by atoms with Crippen molar-refractivity contribution in [1.82, 2.24) is 20.4 Å². The van der Waals surface area contributed by atoms with E-state index in [1.165, 1.54) is 0 Å². The number of benzene rings is 1. The second-order valence-electron chi connectivity index (χ2n) is 5.09. The number of rotatable bonds is 8. The number of ether oxygens (including phenoxy) is 1. The zero-order valence-corrected chi connectivity index (χ0v) is 14.7. The molecule has 24 heavy (non-hydrogen) atoms. The van der Waals surface area contributed by atoms with Gasteiger partial charge in [0.1, 0.15) is 18.4 Å². The first kappa shape index (κ1) is 19.7. The highest BCUT2D eigenvalue weighted by Crippen LogP contribution is 2.18. The van der Waals surface area contributed by atoms with Gasteiger partial charge < -0.3 is 15.4 Å². The quantitative estimate of drug-likeness (QED) is 0.714. The maximum absolute atomic E-state index is 12.4. The fourth-order valence-electron chi connectivity index (χ4n) is 2.26. The van der Waals surface area contributed by atoms with Crippen molar-refractivity contribution >= 4 is 18.3 Å². The Balaban J connectivity index is 0.00000288. The number of amides is 1. The molecule has 1 amide bonds. The molecule has 0 aliphatic carbocycles. The average molecular weight is 351 g/mol. The summed E-state index contributed by atoms with van der Waals surface area (Å²) in [6.45, 7) is 4.46. The van der Waals surface area contributed by atoms with Gasteiger partial charge in [-0.15, -0.1) is 12.4 Å². The van der Waals surface area contributed by atoms with Crippen molar-refractivity contribution in [3.63, 3.8) is 0 Å². The van der Waals surface area contributed by atoms with Gasteiger partial charge in [-0.3, -0.25) is 9.48 Å². The van der Waals surface area contributed by atoms with Crippen LogP contribution in [0.3, 0.4) is 0 Å². The molecule has 2 N–H and O–H groups in total. The molecular weight excluding hydrogens is 328 g/mol. The van der Waals surface area contributed by atoms with Gasteiger partial charge in [0, 0.05) is 30.9 Å². The number of nitrogens with zero attached hydrogens (tertiary/aromatic N) is 2. The fourth-order valence-corrected chi connectivity index (χ4v) is 2.26. The molecule has 6 nitrogen and oxygen atoms in total. The lowest BCUT2D eigenvalue weighted by Gasteiger charge is -2.16. The first-order chi connectivity index (χ1) is 11.2. The molecule has 1 heterocycles. The van der Waals surface area contributed by atoms with Gasteiger partial charge in [-0.25, -0.2) is 0 Å². The van der Waals surface area contributed by atoms with Gasteiger partial charge >= 0.3 is 0 Å². The summed E-state index contributed by atoms with van der Waals surface area (Å²) in [7, 11) is 3.57. The lowest BCUT2D eigenvalue weighted by atomic mass is 10.1. The zero-order chi connectivity index (χ0) is 16.7. The number of carbonyl (C=O) groups excluding carboxylic acids is 1. The number of nitrogens with one attached hydrogen (secondary N) is 2. The van der Waals surface area contributed by atoms with Crippen LogP contribution in [0.25, 0.3) is 0 Å². The van der Waals surface area contributed by atoms with Crippen LogP contribution >= 0.6 is 12.4 Å². The normalized spacial score (nSPS) is 11.2. The molecule has 1 aromatic carbocycles. The van der Waals surface area contributed by atoms with Crippen molar-refractivity contribution in [2.75, 3.05) is 13.7 Å². The van der Waals surface area contributed by atoms with Gasteiger partial charge in [0.05, 0.1) is 6.20 Å². The summed E-state index contributed by atoms with van der Waals surface area (Å²) in [5.41, 5.74) is 1.74. The van der Waals surface area contributed by atoms with E-state index in [1.807, 2.05) is 37.5 Å². The first-order valence-electron chi connectivity index (χ1n) is 7.40. The number of likely N-dealkylation sites (N-methyl/N-ethyl adjacent to an activating group) is 1. The minimum Gasteiger partial charge on any atom is -0.489 e. The summed E-state index contributed by atoms with van der Waals surface area (Å²) in [6.07, 6.45) is 5.19. The molecule has 2 aromatic rings. The van der Waals surface area contributed by atoms with Gasteiger partial charge in [-0.2, -0.15) is 5.10 Å². The van der Waals surface area contributed by atoms with E-state index < -0.39 is 6.04 Å². The third kappa shape index (κ3) is 5.11. The average Bonchev–Trinajstić information content (AvgIpc) is 2.98. The van der Waals surface area contributed by atoms with E-state index in [0.717, 1.165) is 16.9 Å². The summed E-state index contributed by atoms with van der Waals surface area (Å²) >= 11 is 0.